The van der Waals surface area contributed by atoms with Crippen LogP contribution in [0.5, 0.6) is 0 Å². The molecule has 0 unspecified atom stereocenters. The largest absolute Gasteiger partial charge is 2.00 e. The fraction of sp³-hybridized carbons (Fsp3) is 1.00. The van der Waals surface area contributed by atoms with Crippen LogP contribution in [0.2, 0.25) is 0 Å². The molecule has 0 spiro atoms. The first kappa shape index (κ1) is 15.7. The molecule has 0 saturated heterocycles. The maximum Gasteiger partial charge on any atom is 2.00 e. The van der Waals surface area contributed by atoms with Crippen molar-refractivity contribution in [2.75, 3.05) is 20.0 Å². The van der Waals surface area contributed by atoms with Crippen molar-refractivity contribution in [3.05, 3.63) is 0 Å². The molecule has 2 N–H and O–H groups in total. The number of hydrogen-bond donors (Lipinski definition) is 0. The molecule has 0 aromatic carbocycles. The molecule has 0 fully saturated rings. The minimum atomic E-state index is 0. The molecule has 0 bridgehead atoms. The van der Waals surface area contributed by atoms with Gasteiger partial charge in [0.1, 0.15) is 0 Å². The second-order valence-electron chi connectivity index (χ2n) is 1.34. The van der Waals surface area contributed by atoms with Crippen LogP contribution in [0.25, 0.3) is 0 Å². The van der Waals surface area contributed by atoms with Crippen LogP contribution in [0.3, 0.4) is 0 Å². The van der Waals surface area contributed by atoms with Crippen LogP contribution in [-0.4, -0.2) is 48.5 Å². The number of rotatable bonds is 0. The minimum Gasteiger partial charge on any atom is -1.00 e. The standard InChI is InChI=1S/C3H9P.Mg.H2O.2H/c1-4(2)3;;;;/h1-3H3;;1H2;;/q;+2;;2*-1. The molecule has 0 saturated carbocycles. The van der Waals surface area contributed by atoms with Gasteiger partial charge in [-0.1, -0.05) is 0 Å². The Hall–Kier alpha value is 1.16. The topological polar surface area (TPSA) is 31.5 Å². The van der Waals surface area contributed by atoms with Gasteiger partial charge in [-0.05, 0) is 20.0 Å². The Morgan fingerprint density at radius 1 is 1.17 bits per heavy atom. The molecule has 38 valence electrons. The van der Waals surface area contributed by atoms with E-state index in [-0.39, 0.29) is 31.4 Å². The summed E-state index contributed by atoms with van der Waals surface area (Å²) in [5, 5.41) is 0. The molecule has 0 aliphatic heterocycles. The summed E-state index contributed by atoms with van der Waals surface area (Å²) in [5.74, 6) is 0. The molecule has 0 atom stereocenters. The zero-order valence-electron chi connectivity index (χ0n) is 6.65. The monoisotopic (exact) mass is 120 g/mol. The van der Waals surface area contributed by atoms with Crippen LogP contribution in [-0.2, 0) is 0 Å². The zero-order valence-corrected chi connectivity index (χ0v) is 6.96. The first-order valence-corrected chi connectivity index (χ1v) is 4.02. The molecule has 0 aliphatic carbocycles. The molecule has 0 rings (SSSR count). The summed E-state index contributed by atoms with van der Waals surface area (Å²) >= 11 is 0. The maximum atomic E-state index is 2.23. The third kappa shape index (κ3) is 66.6. The average Bonchev–Trinajstić information content (AvgIpc) is 0.811. The van der Waals surface area contributed by atoms with Gasteiger partial charge in [-0.25, -0.2) is 0 Å². The van der Waals surface area contributed by atoms with E-state index in [1.54, 1.807) is 0 Å². The van der Waals surface area contributed by atoms with Gasteiger partial charge in [0.2, 0.25) is 0 Å². The summed E-state index contributed by atoms with van der Waals surface area (Å²) < 4.78 is 0. The second-order valence-corrected chi connectivity index (χ2v) is 4.02. The van der Waals surface area contributed by atoms with E-state index in [9.17, 15) is 0 Å². The third-order valence-electron chi connectivity index (χ3n) is 0. The molecule has 0 amide bonds. The minimum absolute atomic E-state index is 0. The first-order valence-electron chi connectivity index (χ1n) is 1.34. The van der Waals surface area contributed by atoms with E-state index in [2.05, 4.69) is 20.0 Å². The fourth-order valence-corrected chi connectivity index (χ4v) is 0. The SMILES string of the molecule is CP(C)C.O.[H-].[H-].[Mg+2]. The van der Waals surface area contributed by atoms with Crippen molar-refractivity contribution in [3.8, 4) is 0 Å². The van der Waals surface area contributed by atoms with Gasteiger partial charge in [0.25, 0.3) is 0 Å². The van der Waals surface area contributed by atoms with E-state index in [1.807, 2.05) is 0 Å². The van der Waals surface area contributed by atoms with Gasteiger partial charge in [0, 0.05) is 0 Å². The molecule has 6 heavy (non-hydrogen) atoms. The molecular weight excluding hydrogens is 107 g/mol. The van der Waals surface area contributed by atoms with Gasteiger partial charge in [-0.3, -0.25) is 0 Å². The van der Waals surface area contributed by atoms with E-state index in [0.717, 1.165) is 0 Å². The van der Waals surface area contributed by atoms with Crippen molar-refractivity contribution in [1.82, 2.24) is 0 Å². The predicted octanol–water partition coefficient (Wildman–Crippen LogP) is 0.377. The quantitative estimate of drug-likeness (QED) is 0.327. The van der Waals surface area contributed by atoms with Gasteiger partial charge < -0.3 is 8.33 Å². The third-order valence-corrected chi connectivity index (χ3v) is 0. The fourth-order valence-electron chi connectivity index (χ4n) is 0. The molecule has 1 nitrogen and oxygen atoms in total. The van der Waals surface area contributed by atoms with Crippen molar-refractivity contribution < 1.29 is 8.33 Å². The Morgan fingerprint density at radius 2 is 1.17 bits per heavy atom. The summed E-state index contributed by atoms with van der Waals surface area (Å²) in [6.45, 7) is 6.69. The van der Waals surface area contributed by atoms with Gasteiger partial charge in [0.05, 0.1) is 0 Å². The van der Waals surface area contributed by atoms with Crippen molar-refractivity contribution in [3.63, 3.8) is 0 Å². The summed E-state index contributed by atoms with van der Waals surface area (Å²) in [4.78, 5) is 0. The van der Waals surface area contributed by atoms with E-state index in [1.165, 1.54) is 0 Å². The van der Waals surface area contributed by atoms with E-state index < -0.39 is 0 Å². The van der Waals surface area contributed by atoms with Crippen LogP contribution < -0.4 is 0 Å². The zero-order chi connectivity index (χ0) is 3.58. The second kappa shape index (κ2) is 9.48. The Kier molecular flexibility index (Phi) is 24.8. The van der Waals surface area contributed by atoms with Crippen LogP contribution in [0.4, 0.5) is 0 Å². The Morgan fingerprint density at radius 3 is 1.17 bits per heavy atom. The predicted molar refractivity (Wildman–Crippen MR) is 36.3 cm³/mol. The molecular formula is C3H13MgOP. The molecule has 0 aliphatic rings. The Bertz CT molecular complexity index is 22.0. The summed E-state index contributed by atoms with van der Waals surface area (Å²) in [6.07, 6.45) is 0. The summed E-state index contributed by atoms with van der Waals surface area (Å²) in [5.41, 5.74) is 0. The Balaban J connectivity index is -0.00000000750. The average molecular weight is 120 g/mol. The van der Waals surface area contributed by atoms with Gasteiger partial charge in [0.15, 0.2) is 0 Å². The van der Waals surface area contributed by atoms with Crippen molar-refractivity contribution in [1.29, 1.82) is 0 Å². The number of hydrogen-bond acceptors (Lipinski definition) is 0. The van der Waals surface area contributed by atoms with Gasteiger partial charge >= 0.3 is 23.1 Å². The van der Waals surface area contributed by atoms with E-state index in [4.69, 9.17) is 0 Å². The molecule has 0 aromatic rings. The van der Waals surface area contributed by atoms with Gasteiger partial charge in [-0.15, -0.1) is 7.92 Å². The van der Waals surface area contributed by atoms with Crippen molar-refractivity contribution in [2.24, 2.45) is 0 Å². The van der Waals surface area contributed by atoms with Crippen LogP contribution in [0.15, 0.2) is 0 Å². The summed E-state index contributed by atoms with van der Waals surface area (Å²) in [7, 11) is 0.380. The Labute approximate surface area is 59.7 Å². The van der Waals surface area contributed by atoms with Crippen LogP contribution >= 0.6 is 7.92 Å². The van der Waals surface area contributed by atoms with Crippen molar-refractivity contribution >= 4 is 31.0 Å². The van der Waals surface area contributed by atoms with Gasteiger partial charge in [-0.2, -0.15) is 0 Å². The van der Waals surface area contributed by atoms with Crippen LogP contribution in [0, 0.1) is 0 Å². The molecule has 3 heteroatoms. The van der Waals surface area contributed by atoms with E-state index in [0.29, 0.717) is 7.92 Å². The normalized spacial score (nSPS) is 6.00. The van der Waals surface area contributed by atoms with E-state index >= 15 is 0 Å². The maximum absolute atomic E-state index is 2.23. The molecule has 0 radical (unpaired) electrons. The molecule has 0 aromatic heterocycles. The van der Waals surface area contributed by atoms with Crippen molar-refractivity contribution in [2.45, 2.75) is 0 Å². The van der Waals surface area contributed by atoms with Crippen LogP contribution in [0.1, 0.15) is 2.85 Å². The molecule has 0 heterocycles. The summed E-state index contributed by atoms with van der Waals surface area (Å²) in [6, 6.07) is 0. The smallest absolute Gasteiger partial charge is 1.00 e. The first-order chi connectivity index (χ1) is 1.73.